The van der Waals surface area contributed by atoms with E-state index in [0.29, 0.717) is 5.69 Å². The number of nitrogens with one attached hydrogen (secondary N) is 2. The van der Waals surface area contributed by atoms with Gasteiger partial charge in [-0.05, 0) is 36.3 Å². The summed E-state index contributed by atoms with van der Waals surface area (Å²) in [4.78, 5) is 13.8. The number of aliphatic hydroxyl groups is 1. The van der Waals surface area contributed by atoms with E-state index in [4.69, 9.17) is 0 Å². The van der Waals surface area contributed by atoms with E-state index in [2.05, 4.69) is 15.5 Å². The van der Waals surface area contributed by atoms with Gasteiger partial charge >= 0.3 is 0 Å². The Morgan fingerprint density at radius 3 is 2.87 bits per heavy atom. The highest BCUT2D eigenvalue weighted by atomic mass is 32.1. The third-order valence-corrected chi connectivity index (χ3v) is 5.40. The minimum absolute atomic E-state index is 0.0682. The summed E-state index contributed by atoms with van der Waals surface area (Å²) < 4.78 is 0. The molecule has 2 heterocycles. The van der Waals surface area contributed by atoms with Crippen molar-refractivity contribution in [1.82, 2.24) is 15.5 Å². The van der Waals surface area contributed by atoms with Crippen LogP contribution in [0.3, 0.4) is 0 Å². The van der Waals surface area contributed by atoms with Gasteiger partial charge in [-0.25, -0.2) is 0 Å². The van der Waals surface area contributed by atoms with Crippen molar-refractivity contribution in [2.24, 2.45) is 5.92 Å². The predicted molar refractivity (Wildman–Crippen MR) is 89.4 cm³/mol. The molecule has 1 aliphatic rings. The molecule has 0 unspecified atom stereocenters. The molecule has 1 saturated carbocycles. The van der Waals surface area contributed by atoms with Crippen LogP contribution in [0.4, 0.5) is 0 Å². The van der Waals surface area contributed by atoms with Crippen molar-refractivity contribution in [2.45, 2.75) is 25.0 Å². The second-order valence-corrected chi connectivity index (χ2v) is 6.95. The molecule has 0 saturated heterocycles. The summed E-state index contributed by atoms with van der Waals surface area (Å²) in [6.45, 7) is 0. The van der Waals surface area contributed by atoms with Crippen LogP contribution >= 0.6 is 11.3 Å². The molecule has 0 bridgehead atoms. The molecule has 3 aromatic rings. The topological polar surface area (TPSA) is 78.0 Å². The molecular formula is C17H17N3O2S. The van der Waals surface area contributed by atoms with E-state index in [1.165, 1.54) is 0 Å². The minimum atomic E-state index is -0.245. The first-order chi connectivity index (χ1) is 11.2. The highest BCUT2D eigenvalue weighted by molar-refractivity contribution is 7.10. The number of aromatic amines is 1. The maximum Gasteiger partial charge on any atom is 0.272 e. The van der Waals surface area contributed by atoms with Crippen molar-refractivity contribution in [3.05, 3.63) is 52.3 Å². The summed E-state index contributed by atoms with van der Waals surface area (Å²) in [6, 6.07) is 11.5. The normalized spacial score (nSPS) is 21.8. The van der Waals surface area contributed by atoms with Crippen LogP contribution in [0.15, 0.2) is 41.8 Å². The van der Waals surface area contributed by atoms with E-state index in [0.717, 1.165) is 28.6 Å². The van der Waals surface area contributed by atoms with Gasteiger partial charge in [0, 0.05) is 10.3 Å². The smallest absolute Gasteiger partial charge is 0.272 e. The Morgan fingerprint density at radius 2 is 2.13 bits per heavy atom. The lowest BCUT2D eigenvalue weighted by atomic mass is 9.76. The van der Waals surface area contributed by atoms with Gasteiger partial charge in [-0.2, -0.15) is 5.10 Å². The molecule has 0 aliphatic heterocycles. The van der Waals surface area contributed by atoms with Crippen LogP contribution in [0.25, 0.3) is 10.9 Å². The molecule has 1 atom stereocenters. The average Bonchev–Trinajstić information content (AvgIpc) is 3.18. The van der Waals surface area contributed by atoms with E-state index in [-0.39, 0.29) is 24.0 Å². The first-order valence-electron chi connectivity index (χ1n) is 7.68. The van der Waals surface area contributed by atoms with Gasteiger partial charge in [-0.3, -0.25) is 9.89 Å². The van der Waals surface area contributed by atoms with Crippen LogP contribution < -0.4 is 5.32 Å². The van der Waals surface area contributed by atoms with Gasteiger partial charge in [0.2, 0.25) is 0 Å². The van der Waals surface area contributed by atoms with Gasteiger partial charge in [0.25, 0.3) is 5.91 Å². The maximum absolute atomic E-state index is 12.7. The summed E-state index contributed by atoms with van der Waals surface area (Å²) in [6.07, 6.45) is 1.21. The van der Waals surface area contributed by atoms with Crippen molar-refractivity contribution in [3.63, 3.8) is 0 Å². The summed E-state index contributed by atoms with van der Waals surface area (Å²) in [5, 5.41) is 22.6. The van der Waals surface area contributed by atoms with Crippen molar-refractivity contribution in [3.8, 4) is 0 Å². The zero-order valence-electron chi connectivity index (χ0n) is 12.4. The largest absolute Gasteiger partial charge is 0.393 e. The number of benzene rings is 1. The van der Waals surface area contributed by atoms with Gasteiger partial charge < -0.3 is 10.4 Å². The quantitative estimate of drug-likeness (QED) is 0.689. The fourth-order valence-electron chi connectivity index (χ4n) is 3.14. The van der Waals surface area contributed by atoms with E-state index in [1.807, 2.05) is 41.8 Å². The van der Waals surface area contributed by atoms with Gasteiger partial charge in [-0.1, -0.05) is 24.3 Å². The third kappa shape index (κ3) is 2.64. The van der Waals surface area contributed by atoms with Crippen LogP contribution in [0.2, 0.25) is 0 Å². The van der Waals surface area contributed by atoms with Crippen molar-refractivity contribution in [2.75, 3.05) is 0 Å². The number of H-pyrrole nitrogens is 1. The molecule has 2 aromatic heterocycles. The van der Waals surface area contributed by atoms with Crippen molar-refractivity contribution in [1.29, 1.82) is 0 Å². The number of rotatable bonds is 4. The number of hydrogen-bond acceptors (Lipinski definition) is 4. The molecule has 0 radical (unpaired) electrons. The SMILES string of the molecule is O=C(N[C@H](c1cccs1)C1CC(O)C1)c1n[nH]c2ccccc12. The molecule has 3 N–H and O–H groups in total. The number of thiophene rings is 1. The molecule has 23 heavy (non-hydrogen) atoms. The van der Waals surface area contributed by atoms with Gasteiger partial charge in [0.15, 0.2) is 5.69 Å². The fraction of sp³-hybridized carbons (Fsp3) is 0.294. The Balaban J connectivity index is 1.60. The average molecular weight is 327 g/mol. The number of hydrogen-bond donors (Lipinski definition) is 3. The van der Waals surface area contributed by atoms with Crippen molar-refractivity contribution >= 4 is 28.1 Å². The number of aromatic nitrogens is 2. The van der Waals surface area contributed by atoms with E-state index in [1.54, 1.807) is 11.3 Å². The fourth-order valence-corrected chi connectivity index (χ4v) is 4.01. The lowest BCUT2D eigenvalue weighted by Gasteiger charge is -2.37. The number of carbonyl (C=O) groups is 1. The third-order valence-electron chi connectivity index (χ3n) is 4.44. The van der Waals surface area contributed by atoms with Crippen LogP contribution in [0, 0.1) is 5.92 Å². The van der Waals surface area contributed by atoms with E-state index >= 15 is 0 Å². The Labute approximate surface area is 137 Å². The first-order valence-corrected chi connectivity index (χ1v) is 8.56. The summed E-state index contributed by atoms with van der Waals surface area (Å²) >= 11 is 1.63. The molecule has 4 rings (SSSR count). The second kappa shape index (κ2) is 5.79. The highest BCUT2D eigenvalue weighted by Gasteiger charge is 2.36. The zero-order chi connectivity index (χ0) is 15.8. The van der Waals surface area contributed by atoms with Crippen LogP contribution in [-0.4, -0.2) is 27.3 Å². The Bertz CT molecular complexity index is 821. The van der Waals surface area contributed by atoms with Gasteiger partial charge in [0.1, 0.15) is 0 Å². The molecule has 6 heteroatoms. The number of para-hydroxylation sites is 1. The number of fused-ring (bicyclic) bond motifs is 1. The van der Waals surface area contributed by atoms with E-state index in [9.17, 15) is 9.90 Å². The number of carbonyl (C=O) groups excluding carboxylic acids is 1. The second-order valence-electron chi connectivity index (χ2n) is 5.97. The van der Waals surface area contributed by atoms with Crippen molar-refractivity contribution < 1.29 is 9.90 Å². The summed E-state index contributed by atoms with van der Waals surface area (Å²) in [5.74, 6) is 0.0973. The van der Waals surface area contributed by atoms with Gasteiger partial charge in [-0.15, -0.1) is 11.3 Å². The lowest BCUT2D eigenvalue weighted by molar-refractivity contribution is 0.0241. The standard InChI is InChI=1S/C17H17N3O2S/c21-11-8-10(9-11)15(14-6-3-7-23-14)18-17(22)16-12-4-1-2-5-13(12)19-20-16/h1-7,10-11,15,21H,8-9H2,(H,18,22)(H,19,20)/t10?,11?,15-/m0/s1. The molecule has 1 fully saturated rings. The number of amides is 1. The lowest BCUT2D eigenvalue weighted by Crippen LogP contribution is -2.41. The minimum Gasteiger partial charge on any atom is -0.393 e. The zero-order valence-corrected chi connectivity index (χ0v) is 13.2. The van der Waals surface area contributed by atoms with Crippen LogP contribution in [-0.2, 0) is 0 Å². The summed E-state index contributed by atoms with van der Waals surface area (Å²) in [7, 11) is 0. The molecule has 118 valence electrons. The molecule has 5 nitrogen and oxygen atoms in total. The highest BCUT2D eigenvalue weighted by Crippen LogP contribution is 2.39. The first kappa shape index (κ1) is 14.4. The monoisotopic (exact) mass is 327 g/mol. The van der Waals surface area contributed by atoms with Crippen LogP contribution in [0.5, 0.6) is 0 Å². The molecule has 0 spiro atoms. The Kier molecular flexibility index (Phi) is 3.63. The van der Waals surface area contributed by atoms with Crippen LogP contribution in [0.1, 0.15) is 34.2 Å². The predicted octanol–water partition coefficient (Wildman–Crippen LogP) is 2.87. The number of nitrogens with zero attached hydrogens (tertiary/aromatic N) is 1. The number of aliphatic hydroxyl groups excluding tert-OH is 1. The summed E-state index contributed by atoms with van der Waals surface area (Å²) in [5.41, 5.74) is 1.27. The Hall–Kier alpha value is -2.18. The van der Waals surface area contributed by atoms with Gasteiger partial charge in [0.05, 0.1) is 17.7 Å². The van der Waals surface area contributed by atoms with E-state index < -0.39 is 0 Å². The molecule has 1 aliphatic carbocycles. The molecular weight excluding hydrogens is 310 g/mol. The maximum atomic E-state index is 12.7. The molecule has 1 aromatic carbocycles. The Morgan fingerprint density at radius 1 is 1.30 bits per heavy atom. The molecule has 1 amide bonds.